The minimum Gasteiger partial charge on any atom is -0.480 e. The number of para-hydroxylation sites is 1. The number of carbonyl (C=O) groups excluding carboxylic acids is 1. The van der Waals surface area contributed by atoms with Crippen molar-refractivity contribution in [2.75, 3.05) is 0 Å². The first-order valence-electron chi connectivity index (χ1n) is 5.38. The number of carbonyl (C=O) groups is 2. The van der Waals surface area contributed by atoms with Gasteiger partial charge in [0.15, 0.2) is 6.10 Å². The Bertz CT molecular complexity index is 494. The lowest BCUT2D eigenvalue weighted by molar-refractivity contribution is -0.131. The van der Waals surface area contributed by atoms with Crippen molar-refractivity contribution in [3.05, 3.63) is 35.4 Å². The number of nitrogens with two attached hydrogens (primary N) is 1. The molecule has 1 unspecified atom stereocenters. The van der Waals surface area contributed by atoms with Crippen LogP contribution in [0.3, 0.4) is 0 Å². The molecule has 0 saturated carbocycles. The molecule has 0 aliphatic rings. The molecule has 5 nitrogen and oxygen atoms in total. The summed E-state index contributed by atoms with van der Waals surface area (Å²) in [6.07, 6.45) is 1.65. The molecular formula is C13H15NO4. The molecule has 1 amide bonds. The second kappa shape index (κ2) is 5.86. The van der Waals surface area contributed by atoms with Crippen molar-refractivity contribution < 1.29 is 19.4 Å². The lowest BCUT2D eigenvalue weighted by Crippen LogP contribution is -2.31. The summed E-state index contributed by atoms with van der Waals surface area (Å²) in [5, 5.41) is 8.60. The van der Waals surface area contributed by atoms with Gasteiger partial charge in [-0.2, -0.15) is 0 Å². The summed E-state index contributed by atoms with van der Waals surface area (Å²) in [7, 11) is 0. The van der Waals surface area contributed by atoms with Crippen LogP contribution in [0.4, 0.5) is 0 Å². The molecule has 0 fully saturated rings. The third-order valence-electron chi connectivity index (χ3n) is 2.34. The van der Waals surface area contributed by atoms with Gasteiger partial charge in [-0.25, -0.2) is 4.79 Å². The maximum Gasteiger partial charge on any atom is 0.328 e. The molecule has 1 aromatic carbocycles. The molecule has 0 saturated heterocycles. The first-order valence-corrected chi connectivity index (χ1v) is 5.38. The van der Waals surface area contributed by atoms with E-state index in [0.717, 1.165) is 11.6 Å². The summed E-state index contributed by atoms with van der Waals surface area (Å²) in [5.41, 5.74) is 6.52. The largest absolute Gasteiger partial charge is 0.480 e. The highest BCUT2D eigenvalue weighted by atomic mass is 16.5. The Morgan fingerprint density at radius 1 is 1.44 bits per heavy atom. The average molecular weight is 249 g/mol. The maximum absolute atomic E-state index is 11.0. The molecule has 3 N–H and O–H groups in total. The number of ether oxygens (including phenoxy) is 1. The molecule has 0 aromatic heterocycles. The second-order valence-corrected chi connectivity index (χ2v) is 3.83. The molecule has 96 valence electrons. The van der Waals surface area contributed by atoms with Crippen molar-refractivity contribution >= 4 is 18.0 Å². The van der Waals surface area contributed by atoms with E-state index in [2.05, 4.69) is 0 Å². The first-order chi connectivity index (χ1) is 8.41. The highest BCUT2D eigenvalue weighted by Crippen LogP contribution is 2.25. The van der Waals surface area contributed by atoms with Gasteiger partial charge in [-0.15, -0.1) is 0 Å². The molecule has 5 heteroatoms. The quantitative estimate of drug-likeness (QED) is 0.771. The van der Waals surface area contributed by atoms with Crippen molar-refractivity contribution in [1.82, 2.24) is 0 Å². The molecule has 0 spiro atoms. The van der Waals surface area contributed by atoms with Crippen LogP contribution in [0.5, 0.6) is 5.75 Å². The van der Waals surface area contributed by atoms with E-state index in [1.165, 1.54) is 6.08 Å². The first kappa shape index (κ1) is 13.8. The monoisotopic (exact) mass is 249 g/mol. The minimum atomic E-state index is -1.05. The topological polar surface area (TPSA) is 89.6 Å². The number of carboxylic acids is 1. The third-order valence-corrected chi connectivity index (χ3v) is 2.34. The molecule has 0 bridgehead atoms. The highest BCUT2D eigenvalue weighted by Gasteiger charge is 2.13. The van der Waals surface area contributed by atoms with Gasteiger partial charge in [0.25, 0.3) is 5.91 Å². The van der Waals surface area contributed by atoms with Gasteiger partial charge in [0, 0.05) is 11.6 Å². The van der Waals surface area contributed by atoms with Gasteiger partial charge >= 0.3 is 5.97 Å². The zero-order valence-corrected chi connectivity index (χ0v) is 10.2. The predicted octanol–water partition coefficient (Wildman–Crippen LogP) is 1.35. The van der Waals surface area contributed by atoms with Gasteiger partial charge in [0.05, 0.1) is 0 Å². The summed E-state index contributed by atoms with van der Waals surface area (Å²) in [6.45, 7) is 3.35. The Hall–Kier alpha value is -2.30. The molecular weight excluding hydrogens is 234 g/mol. The summed E-state index contributed by atoms with van der Waals surface area (Å²) in [4.78, 5) is 21.5. The van der Waals surface area contributed by atoms with Crippen LogP contribution in [0, 0.1) is 6.92 Å². The van der Waals surface area contributed by atoms with E-state index in [4.69, 9.17) is 15.6 Å². The smallest absolute Gasteiger partial charge is 0.328 e. The van der Waals surface area contributed by atoms with Crippen LogP contribution in [0.2, 0.25) is 0 Å². The fraction of sp³-hybridized carbons (Fsp3) is 0.231. The standard InChI is InChI=1S/C13H15NO4/c1-8-4-3-5-10(6-7-11(15)16)12(8)18-9(2)13(14)17/h3-7,9H,1-2H3,(H2,14,17)(H,15,16)/b7-6+. The summed E-state index contributed by atoms with van der Waals surface area (Å²) >= 11 is 0. The van der Waals surface area contributed by atoms with Gasteiger partial charge < -0.3 is 15.6 Å². The van der Waals surface area contributed by atoms with E-state index < -0.39 is 18.0 Å². The predicted molar refractivity (Wildman–Crippen MR) is 67.1 cm³/mol. The Kier molecular flexibility index (Phi) is 4.48. The SMILES string of the molecule is Cc1cccc(/C=C/C(=O)O)c1OC(C)C(N)=O. The third kappa shape index (κ3) is 3.62. The van der Waals surface area contributed by atoms with Crippen molar-refractivity contribution in [2.24, 2.45) is 5.73 Å². The molecule has 1 aromatic rings. The van der Waals surface area contributed by atoms with Crippen LogP contribution >= 0.6 is 0 Å². The number of rotatable bonds is 5. The van der Waals surface area contributed by atoms with Gasteiger partial charge in [0.1, 0.15) is 5.75 Å². The van der Waals surface area contributed by atoms with Crippen LogP contribution < -0.4 is 10.5 Å². The average Bonchev–Trinajstić information content (AvgIpc) is 2.29. The maximum atomic E-state index is 11.0. The van der Waals surface area contributed by atoms with Gasteiger partial charge in [-0.1, -0.05) is 18.2 Å². The van der Waals surface area contributed by atoms with Gasteiger partial charge in [0.2, 0.25) is 0 Å². The number of hydrogen-bond acceptors (Lipinski definition) is 3. The number of carboxylic acid groups (broad SMARTS) is 1. The van der Waals surface area contributed by atoms with Crippen LogP contribution in [0.25, 0.3) is 6.08 Å². The van der Waals surface area contributed by atoms with Crippen LogP contribution in [-0.2, 0) is 9.59 Å². The zero-order valence-electron chi connectivity index (χ0n) is 10.2. The number of amides is 1. The number of primary amides is 1. The van der Waals surface area contributed by atoms with Crippen LogP contribution in [-0.4, -0.2) is 23.1 Å². The summed E-state index contributed by atoms with van der Waals surface area (Å²) in [6, 6.07) is 5.29. The fourth-order valence-corrected chi connectivity index (χ4v) is 1.36. The lowest BCUT2D eigenvalue weighted by Gasteiger charge is -2.15. The number of hydrogen-bond donors (Lipinski definition) is 2. The van der Waals surface area contributed by atoms with E-state index in [9.17, 15) is 9.59 Å². The summed E-state index contributed by atoms with van der Waals surface area (Å²) < 4.78 is 5.45. The number of aliphatic carboxylic acids is 1. The highest BCUT2D eigenvalue weighted by molar-refractivity contribution is 5.86. The number of aryl methyl sites for hydroxylation is 1. The molecule has 18 heavy (non-hydrogen) atoms. The Labute approximate surface area is 105 Å². The molecule has 0 aliphatic carbocycles. The fourth-order valence-electron chi connectivity index (χ4n) is 1.36. The van der Waals surface area contributed by atoms with Crippen molar-refractivity contribution in [3.63, 3.8) is 0 Å². The number of benzene rings is 1. The molecule has 0 radical (unpaired) electrons. The van der Waals surface area contributed by atoms with Crippen LogP contribution in [0.1, 0.15) is 18.1 Å². The Morgan fingerprint density at radius 2 is 2.11 bits per heavy atom. The zero-order chi connectivity index (χ0) is 13.7. The molecule has 1 atom stereocenters. The van der Waals surface area contributed by atoms with Gasteiger partial charge in [-0.05, 0) is 25.5 Å². The van der Waals surface area contributed by atoms with E-state index in [-0.39, 0.29) is 0 Å². The van der Waals surface area contributed by atoms with Crippen LogP contribution in [0.15, 0.2) is 24.3 Å². The second-order valence-electron chi connectivity index (χ2n) is 3.83. The Morgan fingerprint density at radius 3 is 2.67 bits per heavy atom. The van der Waals surface area contributed by atoms with Crippen molar-refractivity contribution in [3.8, 4) is 5.75 Å². The van der Waals surface area contributed by atoms with E-state index in [1.807, 2.05) is 0 Å². The molecule has 0 aliphatic heterocycles. The molecule has 1 rings (SSSR count). The van der Waals surface area contributed by atoms with E-state index >= 15 is 0 Å². The normalized spacial score (nSPS) is 12.3. The van der Waals surface area contributed by atoms with Crippen molar-refractivity contribution in [2.45, 2.75) is 20.0 Å². The Balaban J connectivity index is 3.08. The van der Waals surface area contributed by atoms with Crippen molar-refractivity contribution in [1.29, 1.82) is 0 Å². The summed E-state index contributed by atoms with van der Waals surface area (Å²) in [5.74, 6) is -1.17. The van der Waals surface area contributed by atoms with E-state index in [0.29, 0.717) is 11.3 Å². The molecule has 0 heterocycles. The van der Waals surface area contributed by atoms with Gasteiger partial charge in [-0.3, -0.25) is 4.79 Å². The lowest BCUT2D eigenvalue weighted by atomic mass is 10.1. The minimum absolute atomic E-state index is 0.460. The van der Waals surface area contributed by atoms with E-state index in [1.54, 1.807) is 32.0 Å².